The zero-order valence-corrected chi connectivity index (χ0v) is 19.2. The number of aromatic nitrogens is 3. The zero-order valence-electron chi connectivity index (χ0n) is 17.5. The summed E-state index contributed by atoms with van der Waals surface area (Å²) in [5, 5.41) is 0. The van der Waals surface area contributed by atoms with Crippen LogP contribution in [-0.4, -0.2) is 75.9 Å². The van der Waals surface area contributed by atoms with Crippen LogP contribution in [0.1, 0.15) is 16.3 Å². The Kier molecular flexibility index (Phi) is 6.26. The Morgan fingerprint density at radius 3 is 2.56 bits per heavy atom. The van der Waals surface area contributed by atoms with Crippen LogP contribution in [0, 0.1) is 0 Å². The van der Waals surface area contributed by atoms with Crippen molar-refractivity contribution in [3.05, 3.63) is 48.0 Å². The van der Waals surface area contributed by atoms with Crippen LogP contribution in [0.15, 0.2) is 41.4 Å². The quantitative estimate of drug-likeness (QED) is 0.517. The van der Waals surface area contributed by atoms with Gasteiger partial charge in [-0.2, -0.15) is 4.31 Å². The number of nitrogens with zero attached hydrogens (tertiary/aromatic N) is 4. The van der Waals surface area contributed by atoms with Gasteiger partial charge >= 0.3 is 0 Å². The van der Waals surface area contributed by atoms with Crippen molar-refractivity contribution in [3.63, 3.8) is 0 Å². The number of nitrogens with one attached hydrogen (secondary N) is 1. The average Bonchev–Trinajstić information content (AvgIpc) is 3.37. The SMILES string of the molecule is Cn1cc(S(=O)(=O)N2CCN(C(=O)CSCc3nc4ccccc4[nH]3)CC2)cc1C(N)=O. The van der Waals surface area contributed by atoms with E-state index in [0.29, 0.717) is 24.6 Å². The van der Waals surface area contributed by atoms with E-state index < -0.39 is 15.9 Å². The van der Waals surface area contributed by atoms with Gasteiger partial charge in [-0.3, -0.25) is 9.59 Å². The molecule has 0 aliphatic carbocycles. The fourth-order valence-electron chi connectivity index (χ4n) is 3.65. The molecule has 1 aromatic carbocycles. The molecule has 3 N–H and O–H groups in total. The van der Waals surface area contributed by atoms with Crippen LogP contribution in [-0.2, 0) is 27.6 Å². The minimum Gasteiger partial charge on any atom is -0.364 e. The smallest absolute Gasteiger partial charge is 0.265 e. The summed E-state index contributed by atoms with van der Waals surface area (Å²) in [5.41, 5.74) is 7.26. The molecule has 4 rings (SSSR count). The van der Waals surface area contributed by atoms with Gasteiger partial charge in [0.2, 0.25) is 15.9 Å². The largest absolute Gasteiger partial charge is 0.364 e. The summed E-state index contributed by atoms with van der Waals surface area (Å²) in [4.78, 5) is 33.4. The lowest BCUT2D eigenvalue weighted by molar-refractivity contribution is -0.129. The van der Waals surface area contributed by atoms with E-state index in [0.717, 1.165) is 16.9 Å². The first-order chi connectivity index (χ1) is 15.3. The lowest BCUT2D eigenvalue weighted by Gasteiger charge is -2.33. The molecule has 1 fully saturated rings. The number of carbonyl (C=O) groups is 2. The van der Waals surface area contributed by atoms with E-state index in [9.17, 15) is 18.0 Å². The van der Waals surface area contributed by atoms with Gasteiger partial charge in [-0.15, -0.1) is 11.8 Å². The first kappa shape index (κ1) is 22.4. The molecule has 10 nitrogen and oxygen atoms in total. The van der Waals surface area contributed by atoms with Crippen molar-refractivity contribution in [3.8, 4) is 0 Å². The summed E-state index contributed by atoms with van der Waals surface area (Å²) in [6, 6.07) is 9.04. The van der Waals surface area contributed by atoms with Crippen molar-refractivity contribution >= 4 is 44.6 Å². The van der Waals surface area contributed by atoms with Crippen molar-refractivity contribution in [2.24, 2.45) is 12.8 Å². The Bertz CT molecular complexity index is 1230. The highest BCUT2D eigenvalue weighted by molar-refractivity contribution is 7.99. The number of fused-ring (bicyclic) bond motifs is 1. The number of carbonyl (C=O) groups excluding carboxylic acids is 2. The number of rotatable bonds is 7. The third-order valence-corrected chi connectivity index (χ3v) is 8.16. The lowest BCUT2D eigenvalue weighted by Crippen LogP contribution is -2.50. The summed E-state index contributed by atoms with van der Waals surface area (Å²) in [6.45, 7) is 1.03. The molecule has 0 radical (unpaired) electrons. The molecule has 1 aliphatic heterocycles. The van der Waals surface area contributed by atoms with Crippen molar-refractivity contribution in [2.45, 2.75) is 10.6 Å². The van der Waals surface area contributed by atoms with Crippen molar-refractivity contribution in [1.82, 2.24) is 23.7 Å². The predicted octanol–water partition coefficient (Wildman–Crippen LogP) is 0.767. The maximum Gasteiger partial charge on any atom is 0.265 e. The van der Waals surface area contributed by atoms with Crippen LogP contribution in [0.2, 0.25) is 0 Å². The maximum absolute atomic E-state index is 12.9. The molecule has 32 heavy (non-hydrogen) atoms. The standard InChI is InChI=1S/C20H24N6O4S2/c1-24-11-14(10-17(24)20(21)28)32(29,30)26-8-6-25(7-9-26)19(27)13-31-12-18-22-15-4-2-3-5-16(15)23-18/h2-5,10-11H,6-9,12-13H2,1H3,(H2,21,28)(H,22,23). The normalized spacial score (nSPS) is 15.3. The highest BCUT2D eigenvalue weighted by atomic mass is 32.2. The summed E-state index contributed by atoms with van der Waals surface area (Å²) < 4.78 is 28.5. The highest BCUT2D eigenvalue weighted by Gasteiger charge is 2.31. The molecule has 170 valence electrons. The monoisotopic (exact) mass is 476 g/mol. The fraction of sp³-hybridized carbons (Fsp3) is 0.350. The number of benzene rings is 1. The number of hydrogen-bond acceptors (Lipinski definition) is 6. The number of piperazine rings is 1. The second-order valence-electron chi connectivity index (χ2n) is 7.51. The molecular formula is C20H24N6O4S2. The van der Waals surface area contributed by atoms with Crippen LogP contribution in [0.5, 0.6) is 0 Å². The molecule has 0 unspecified atom stereocenters. The number of aryl methyl sites for hydroxylation is 1. The first-order valence-corrected chi connectivity index (χ1v) is 12.6. The highest BCUT2D eigenvalue weighted by Crippen LogP contribution is 2.21. The van der Waals surface area contributed by atoms with Gasteiger partial charge in [0.25, 0.3) is 5.91 Å². The number of primary amides is 1. The van der Waals surface area contributed by atoms with E-state index >= 15 is 0 Å². The average molecular weight is 477 g/mol. The number of thioether (sulfide) groups is 1. The van der Waals surface area contributed by atoms with Crippen molar-refractivity contribution < 1.29 is 18.0 Å². The van der Waals surface area contributed by atoms with Gasteiger partial charge in [0.1, 0.15) is 16.4 Å². The third-order valence-electron chi connectivity index (χ3n) is 5.36. The van der Waals surface area contributed by atoms with E-state index in [1.165, 1.54) is 32.9 Å². The molecule has 1 saturated heterocycles. The second-order valence-corrected chi connectivity index (χ2v) is 10.4. The van der Waals surface area contributed by atoms with Gasteiger partial charge < -0.3 is 20.2 Å². The number of hydrogen-bond donors (Lipinski definition) is 2. The molecule has 3 heterocycles. The van der Waals surface area contributed by atoms with Gasteiger partial charge in [0.15, 0.2) is 0 Å². The Balaban J connectivity index is 1.29. The number of H-pyrrole nitrogens is 1. The number of imidazole rings is 1. The minimum atomic E-state index is -3.76. The number of aromatic amines is 1. The van der Waals surface area contributed by atoms with E-state index in [1.54, 1.807) is 11.9 Å². The molecule has 0 atom stereocenters. The summed E-state index contributed by atoms with van der Waals surface area (Å²) in [6.07, 6.45) is 1.38. The molecule has 0 bridgehead atoms. The summed E-state index contributed by atoms with van der Waals surface area (Å²) >= 11 is 1.47. The molecular weight excluding hydrogens is 452 g/mol. The van der Waals surface area contributed by atoms with Crippen molar-refractivity contribution in [2.75, 3.05) is 31.9 Å². The van der Waals surface area contributed by atoms with Crippen LogP contribution >= 0.6 is 11.8 Å². The van der Waals surface area contributed by atoms with Gasteiger partial charge in [0, 0.05) is 39.4 Å². The lowest BCUT2D eigenvalue weighted by atomic mass is 10.3. The Morgan fingerprint density at radius 2 is 1.91 bits per heavy atom. The summed E-state index contributed by atoms with van der Waals surface area (Å²) in [7, 11) is -2.19. The molecule has 12 heteroatoms. The van der Waals surface area contributed by atoms with Gasteiger partial charge in [-0.1, -0.05) is 12.1 Å². The summed E-state index contributed by atoms with van der Waals surface area (Å²) in [5.74, 6) is 0.983. The van der Waals surface area contributed by atoms with Crippen LogP contribution < -0.4 is 5.73 Å². The van der Waals surface area contributed by atoms with E-state index in [2.05, 4.69) is 9.97 Å². The van der Waals surface area contributed by atoms with Crippen LogP contribution in [0.25, 0.3) is 11.0 Å². The van der Waals surface area contributed by atoms with E-state index in [1.807, 2.05) is 24.3 Å². The molecule has 2 amide bonds. The number of amides is 2. The minimum absolute atomic E-state index is 0.0231. The van der Waals surface area contributed by atoms with Gasteiger partial charge in [-0.05, 0) is 18.2 Å². The molecule has 3 aromatic rings. The van der Waals surface area contributed by atoms with Crippen molar-refractivity contribution in [1.29, 1.82) is 0 Å². The van der Waals surface area contributed by atoms with Gasteiger partial charge in [-0.25, -0.2) is 13.4 Å². The van der Waals surface area contributed by atoms with Crippen LogP contribution in [0.4, 0.5) is 0 Å². The zero-order chi connectivity index (χ0) is 22.9. The second kappa shape index (κ2) is 8.96. The number of nitrogens with two attached hydrogens (primary N) is 1. The molecule has 1 aliphatic rings. The van der Waals surface area contributed by atoms with Crippen LogP contribution in [0.3, 0.4) is 0 Å². The fourth-order valence-corrected chi connectivity index (χ4v) is 5.93. The maximum atomic E-state index is 12.9. The molecule has 2 aromatic heterocycles. The third kappa shape index (κ3) is 4.52. The Hall–Kier alpha value is -2.83. The first-order valence-electron chi connectivity index (χ1n) is 10.0. The Labute approximate surface area is 189 Å². The molecule has 0 saturated carbocycles. The number of para-hydroxylation sites is 2. The number of sulfonamides is 1. The molecule has 0 spiro atoms. The Morgan fingerprint density at radius 1 is 1.19 bits per heavy atom. The van der Waals surface area contributed by atoms with E-state index in [-0.39, 0.29) is 29.6 Å². The van der Waals surface area contributed by atoms with Gasteiger partial charge in [0.05, 0.1) is 22.5 Å². The topological polar surface area (TPSA) is 134 Å². The predicted molar refractivity (Wildman–Crippen MR) is 122 cm³/mol. The van der Waals surface area contributed by atoms with E-state index in [4.69, 9.17) is 5.73 Å².